The lowest BCUT2D eigenvalue weighted by molar-refractivity contribution is -0.384. The normalized spacial score (nSPS) is 10.3. The number of halogens is 1. The first-order valence-electron chi connectivity index (χ1n) is 7.89. The summed E-state index contributed by atoms with van der Waals surface area (Å²) >= 11 is 5.77. The van der Waals surface area contributed by atoms with Gasteiger partial charge >= 0.3 is 5.97 Å². The first-order chi connectivity index (χ1) is 12.9. The minimum Gasteiger partial charge on any atom is -0.454 e. The first kappa shape index (κ1) is 20.3. The molecule has 0 fully saturated rings. The van der Waals surface area contributed by atoms with Crippen LogP contribution in [0, 0.1) is 10.1 Å². The Kier molecular flexibility index (Phi) is 7.27. The third-order valence-corrected chi connectivity index (χ3v) is 3.81. The predicted molar refractivity (Wildman–Crippen MR) is 99.5 cm³/mol. The van der Waals surface area contributed by atoms with Gasteiger partial charge in [0.1, 0.15) is 0 Å². The fourth-order valence-corrected chi connectivity index (χ4v) is 2.31. The maximum Gasteiger partial charge on any atom is 0.340 e. The molecule has 0 aliphatic heterocycles. The van der Waals surface area contributed by atoms with Crippen LogP contribution in [0.25, 0.3) is 0 Å². The van der Waals surface area contributed by atoms with E-state index in [9.17, 15) is 19.7 Å². The summed E-state index contributed by atoms with van der Waals surface area (Å²) in [6, 6.07) is 9.91. The summed E-state index contributed by atoms with van der Waals surface area (Å²) < 4.78 is 9.96. The van der Waals surface area contributed by atoms with Crippen LogP contribution in [0.5, 0.6) is 0 Å². The van der Waals surface area contributed by atoms with E-state index >= 15 is 0 Å². The molecule has 2 aromatic carbocycles. The SMILES string of the molecule is COCCNc1ccc([N+](=O)[O-])cc1C(=O)OCC(=O)c1ccc(Cl)cc1. The van der Waals surface area contributed by atoms with Gasteiger partial charge in [0.15, 0.2) is 12.4 Å². The number of ether oxygens (including phenoxy) is 2. The smallest absolute Gasteiger partial charge is 0.340 e. The molecule has 1 N–H and O–H groups in total. The topological polar surface area (TPSA) is 108 Å². The number of nitro benzene ring substituents is 1. The van der Waals surface area contributed by atoms with Crippen molar-refractivity contribution >= 4 is 34.7 Å². The van der Waals surface area contributed by atoms with Gasteiger partial charge in [-0.05, 0) is 30.3 Å². The van der Waals surface area contributed by atoms with Crippen molar-refractivity contribution in [3.8, 4) is 0 Å². The van der Waals surface area contributed by atoms with Gasteiger partial charge in [-0.15, -0.1) is 0 Å². The highest BCUT2D eigenvalue weighted by Gasteiger charge is 2.19. The Labute approximate surface area is 160 Å². The van der Waals surface area contributed by atoms with Gasteiger partial charge in [0.2, 0.25) is 0 Å². The maximum absolute atomic E-state index is 12.4. The van der Waals surface area contributed by atoms with E-state index in [0.717, 1.165) is 6.07 Å². The Morgan fingerprint density at radius 1 is 1.19 bits per heavy atom. The van der Waals surface area contributed by atoms with Gasteiger partial charge in [-0.3, -0.25) is 14.9 Å². The zero-order valence-electron chi connectivity index (χ0n) is 14.4. The van der Waals surface area contributed by atoms with Crippen LogP contribution in [-0.4, -0.2) is 43.5 Å². The molecule has 0 atom stereocenters. The third-order valence-electron chi connectivity index (χ3n) is 3.56. The van der Waals surface area contributed by atoms with E-state index < -0.39 is 23.3 Å². The quantitative estimate of drug-likeness (QED) is 0.229. The molecule has 0 aliphatic carbocycles. The van der Waals surface area contributed by atoms with E-state index in [1.54, 1.807) is 12.1 Å². The lowest BCUT2D eigenvalue weighted by atomic mass is 10.1. The Hall–Kier alpha value is -2.97. The summed E-state index contributed by atoms with van der Waals surface area (Å²) in [4.78, 5) is 34.8. The van der Waals surface area contributed by atoms with Crippen LogP contribution in [0.15, 0.2) is 42.5 Å². The summed E-state index contributed by atoms with van der Waals surface area (Å²) in [5.41, 5.74) is 0.388. The molecule has 0 bridgehead atoms. The molecule has 2 aromatic rings. The average Bonchev–Trinajstić information content (AvgIpc) is 2.66. The molecular formula is C18H17ClN2O6. The second-order valence-electron chi connectivity index (χ2n) is 5.41. The van der Waals surface area contributed by atoms with Crippen LogP contribution >= 0.6 is 11.6 Å². The summed E-state index contributed by atoms with van der Waals surface area (Å²) in [5.74, 6) is -1.26. The molecule has 0 amide bonds. The standard InChI is InChI=1S/C18H17ClN2O6/c1-26-9-8-20-16-7-6-14(21(24)25)10-15(16)18(23)27-11-17(22)12-2-4-13(19)5-3-12/h2-7,10,20H,8-9,11H2,1H3. The van der Waals surface area contributed by atoms with Crippen LogP contribution in [-0.2, 0) is 9.47 Å². The van der Waals surface area contributed by atoms with Crippen molar-refractivity contribution < 1.29 is 24.0 Å². The molecule has 0 radical (unpaired) electrons. The molecular weight excluding hydrogens is 376 g/mol. The van der Waals surface area contributed by atoms with Crippen molar-refractivity contribution in [2.45, 2.75) is 0 Å². The number of rotatable bonds is 9. The van der Waals surface area contributed by atoms with Gasteiger partial charge in [0, 0.05) is 42.1 Å². The molecule has 2 rings (SSSR count). The van der Waals surface area contributed by atoms with Crippen LogP contribution in [0.3, 0.4) is 0 Å². The third kappa shape index (κ3) is 5.77. The van der Waals surface area contributed by atoms with Crippen molar-refractivity contribution in [1.29, 1.82) is 0 Å². The van der Waals surface area contributed by atoms with Crippen molar-refractivity contribution in [2.75, 3.05) is 32.2 Å². The fourth-order valence-electron chi connectivity index (χ4n) is 2.18. The molecule has 8 nitrogen and oxygen atoms in total. The van der Waals surface area contributed by atoms with E-state index in [1.165, 1.54) is 31.4 Å². The van der Waals surface area contributed by atoms with E-state index in [-0.39, 0.29) is 11.3 Å². The summed E-state index contributed by atoms with van der Waals surface area (Å²) in [7, 11) is 1.52. The van der Waals surface area contributed by atoms with Gasteiger partial charge < -0.3 is 14.8 Å². The Bertz CT molecular complexity index is 838. The van der Waals surface area contributed by atoms with E-state index in [0.29, 0.717) is 29.4 Å². The number of benzene rings is 2. The van der Waals surface area contributed by atoms with Gasteiger partial charge in [0.25, 0.3) is 5.69 Å². The first-order valence-corrected chi connectivity index (χ1v) is 8.27. The molecule has 0 aromatic heterocycles. The highest BCUT2D eigenvalue weighted by molar-refractivity contribution is 6.30. The van der Waals surface area contributed by atoms with Gasteiger partial charge in [-0.1, -0.05) is 11.6 Å². The number of ketones is 1. The monoisotopic (exact) mass is 392 g/mol. The number of nitrogens with one attached hydrogen (secondary N) is 1. The number of anilines is 1. The van der Waals surface area contributed by atoms with E-state index in [4.69, 9.17) is 21.1 Å². The van der Waals surface area contributed by atoms with Crippen LogP contribution in [0.4, 0.5) is 11.4 Å². The molecule has 142 valence electrons. The van der Waals surface area contributed by atoms with Crippen molar-refractivity contribution in [1.82, 2.24) is 0 Å². The highest BCUT2D eigenvalue weighted by atomic mass is 35.5. The van der Waals surface area contributed by atoms with Gasteiger partial charge in [-0.2, -0.15) is 0 Å². The van der Waals surface area contributed by atoms with Gasteiger partial charge in [0.05, 0.1) is 17.1 Å². The molecule has 0 spiro atoms. The number of carbonyl (C=O) groups is 2. The zero-order chi connectivity index (χ0) is 19.8. The van der Waals surface area contributed by atoms with E-state index in [1.807, 2.05) is 0 Å². The molecule has 0 unspecified atom stereocenters. The number of methoxy groups -OCH3 is 1. The number of Topliss-reactive ketones (excluding diaryl/α,β-unsaturated/α-hetero) is 1. The molecule has 0 heterocycles. The fraction of sp³-hybridized carbons (Fsp3) is 0.222. The minimum absolute atomic E-state index is 0.0378. The summed E-state index contributed by atoms with van der Waals surface area (Å²) in [6.45, 7) is 0.263. The molecule has 0 saturated carbocycles. The van der Waals surface area contributed by atoms with Crippen LogP contribution < -0.4 is 5.32 Å². The largest absolute Gasteiger partial charge is 0.454 e. The van der Waals surface area contributed by atoms with Crippen molar-refractivity contribution in [3.63, 3.8) is 0 Å². The van der Waals surface area contributed by atoms with Crippen LogP contribution in [0.2, 0.25) is 5.02 Å². The van der Waals surface area contributed by atoms with Crippen molar-refractivity contribution in [2.24, 2.45) is 0 Å². The number of non-ortho nitro benzene ring substituents is 1. The number of hydrogen-bond acceptors (Lipinski definition) is 7. The number of carbonyl (C=O) groups excluding carboxylic acids is 2. The predicted octanol–water partition coefficient (Wildman–Crippen LogP) is 3.35. The second-order valence-corrected chi connectivity index (χ2v) is 5.85. The molecule has 27 heavy (non-hydrogen) atoms. The Balaban J connectivity index is 2.12. The number of esters is 1. The lowest BCUT2D eigenvalue weighted by Crippen LogP contribution is -2.17. The zero-order valence-corrected chi connectivity index (χ0v) is 15.2. The molecule has 0 saturated heterocycles. The van der Waals surface area contributed by atoms with E-state index in [2.05, 4.69) is 5.32 Å². The lowest BCUT2D eigenvalue weighted by Gasteiger charge is -2.11. The Morgan fingerprint density at radius 2 is 1.89 bits per heavy atom. The minimum atomic E-state index is -0.846. The molecule has 9 heteroatoms. The second kappa shape index (κ2) is 9.65. The average molecular weight is 393 g/mol. The van der Waals surface area contributed by atoms with Crippen molar-refractivity contribution in [3.05, 3.63) is 68.7 Å². The summed E-state index contributed by atoms with van der Waals surface area (Å²) in [6.07, 6.45) is 0. The van der Waals surface area contributed by atoms with Gasteiger partial charge in [-0.25, -0.2) is 4.79 Å². The Morgan fingerprint density at radius 3 is 2.52 bits per heavy atom. The summed E-state index contributed by atoms with van der Waals surface area (Å²) in [5, 5.41) is 14.4. The number of hydrogen-bond donors (Lipinski definition) is 1. The maximum atomic E-state index is 12.4. The highest BCUT2D eigenvalue weighted by Crippen LogP contribution is 2.23. The number of nitrogens with zero attached hydrogens (tertiary/aromatic N) is 1. The molecule has 0 aliphatic rings. The number of nitro groups is 1. The van der Waals surface area contributed by atoms with Crippen LogP contribution in [0.1, 0.15) is 20.7 Å².